The number of pyridine rings is 2. The Kier molecular flexibility index (Phi) is 6.59. The van der Waals surface area contributed by atoms with Crippen LogP contribution in [0.5, 0.6) is 0 Å². The second-order valence-corrected chi connectivity index (χ2v) is 9.24. The molecule has 0 aliphatic heterocycles. The van der Waals surface area contributed by atoms with E-state index in [1.54, 1.807) is 0 Å². The first-order valence-corrected chi connectivity index (χ1v) is 12.3. The number of nitrogens with two attached hydrogens (primary N) is 2. The van der Waals surface area contributed by atoms with Crippen LogP contribution in [0.25, 0.3) is 44.3 Å². The summed E-state index contributed by atoms with van der Waals surface area (Å²) in [6.07, 6.45) is 0. The molecule has 0 spiro atoms. The second kappa shape index (κ2) is 10.1. The number of halogens is 1. The zero-order valence-corrected chi connectivity index (χ0v) is 21.1. The van der Waals surface area contributed by atoms with Crippen molar-refractivity contribution in [1.29, 1.82) is 0 Å². The summed E-state index contributed by atoms with van der Waals surface area (Å²) in [5.41, 5.74) is 19.3. The Morgan fingerprint density at radius 3 is 1.77 bits per heavy atom. The topological polar surface area (TPSA) is 77.8 Å². The Balaban J connectivity index is 0.000000145. The molecule has 0 atom stereocenters. The monoisotopic (exact) mass is 566 g/mol. The van der Waals surface area contributed by atoms with Crippen molar-refractivity contribution in [2.45, 2.75) is 0 Å². The Morgan fingerprint density at radius 1 is 0.514 bits per heavy atom. The molecule has 6 aromatic rings. The van der Waals surface area contributed by atoms with Gasteiger partial charge in [-0.05, 0) is 46.9 Å². The minimum absolute atomic E-state index is 0.722. The summed E-state index contributed by atoms with van der Waals surface area (Å²) in [7, 11) is 0. The van der Waals surface area contributed by atoms with Crippen LogP contribution in [-0.4, -0.2) is 9.97 Å². The lowest BCUT2D eigenvalue weighted by molar-refractivity contribution is 1.39. The number of benzene rings is 4. The van der Waals surface area contributed by atoms with E-state index < -0.39 is 0 Å². The maximum atomic E-state index is 6.01. The third kappa shape index (κ3) is 4.95. The first-order valence-electron chi connectivity index (χ1n) is 11.2. The fourth-order valence-electron chi connectivity index (χ4n) is 3.93. The third-order valence-electron chi connectivity index (χ3n) is 5.71. The second-order valence-electron chi connectivity index (χ2n) is 8.08. The van der Waals surface area contributed by atoms with Gasteiger partial charge in [0.25, 0.3) is 0 Å². The summed E-state index contributed by atoms with van der Waals surface area (Å²) in [6.45, 7) is 0. The van der Waals surface area contributed by atoms with Crippen molar-refractivity contribution in [3.8, 4) is 22.5 Å². The van der Waals surface area contributed by atoms with Crippen LogP contribution >= 0.6 is 22.6 Å². The molecule has 0 aliphatic carbocycles. The summed E-state index contributed by atoms with van der Waals surface area (Å²) in [5.74, 6) is 0. The average molecular weight is 566 g/mol. The molecule has 6 rings (SSSR count). The molecule has 0 bridgehead atoms. The fraction of sp³-hybridized carbons (Fsp3) is 0. The first-order chi connectivity index (χ1) is 17.1. The molecule has 0 fully saturated rings. The molecule has 4 N–H and O–H groups in total. The van der Waals surface area contributed by atoms with Crippen molar-refractivity contribution < 1.29 is 0 Å². The quantitative estimate of drug-likeness (QED) is 0.167. The number of para-hydroxylation sites is 2. The Morgan fingerprint density at radius 2 is 1.09 bits per heavy atom. The van der Waals surface area contributed by atoms with Crippen molar-refractivity contribution in [3.63, 3.8) is 0 Å². The van der Waals surface area contributed by atoms with Crippen molar-refractivity contribution in [2.75, 3.05) is 11.5 Å². The number of hydrogen-bond acceptors (Lipinski definition) is 4. The Hall–Kier alpha value is -3.97. The third-order valence-corrected chi connectivity index (χ3v) is 6.60. The zero-order chi connectivity index (χ0) is 24.2. The number of aromatic nitrogens is 2. The van der Waals surface area contributed by atoms with Gasteiger partial charge < -0.3 is 11.5 Å². The van der Waals surface area contributed by atoms with Gasteiger partial charge in [-0.3, -0.25) is 0 Å². The van der Waals surface area contributed by atoms with Gasteiger partial charge in [-0.1, -0.05) is 91.0 Å². The van der Waals surface area contributed by atoms with Gasteiger partial charge in [-0.2, -0.15) is 0 Å². The van der Waals surface area contributed by atoms with Crippen LogP contribution in [0.1, 0.15) is 0 Å². The highest BCUT2D eigenvalue weighted by atomic mass is 127. The lowest BCUT2D eigenvalue weighted by Gasteiger charge is -2.07. The summed E-state index contributed by atoms with van der Waals surface area (Å²) < 4.78 is 1.17. The molecule has 2 aromatic heterocycles. The largest absolute Gasteiger partial charge is 0.397 e. The standard InChI is InChI=1S/C15H11IN2.C15H12N2/c16-12-9-14(10-5-2-1-3-6-10)18-15-11(12)7-4-8-13(15)17;16-13-8-4-7-12-9-10-14(17-15(12)13)11-5-2-1-3-6-11/h1-9H,17H2;1-10H,16H2. The minimum Gasteiger partial charge on any atom is -0.397 e. The van der Waals surface area contributed by atoms with E-state index in [1.807, 2.05) is 84.9 Å². The fourth-order valence-corrected chi connectivity index (χ4v) is 4.66. The van der Waals surface area contributed by atoms with Crippen LogP contribution in [0.15, 0.2) is 115 Å². The number of nitrogens with zero attached hydrogens (tertiary/aromatic N) is 2. The molecule has 35 heavy (non-hydrogen) atoms. The first kappa shape index (κ1) is 22.8. The van der Waals surface area contributed by atoms with E-state index in [4.69, 9.17) is 11.5 Å². The van der Waals surface area contributed by atoms with Crippen LogP contribution in [0.3, 0.4) is 0 Å². The lowest BCUT2D eigenvalue weighted by Crippen LogP contribution is -1.93. The van der Waals surface area contributed by atoms with Gasteiger partial charge in [0.1, 0.15) is 0 Å². The van der Waals surface area contributed by atoms with Crippen LogP contribution in [0, 0.1) is 3.57 Å². The van der Waals surface area contributed by atoms with Crippen LogP contribution in [0.4, 0.5) is 11.4 Å². The highest BCUT2D eigenvalue weighted by molar-refractivity contribution is 14.1. The van der Waals surface area contributed by atoms with E-state index in [0.717, 1.165) is 55.7 Å². The molecule has 5 heteroatoms. The molecule has 0 saturated heterocycles. The van der Waals surface area contributed by atoms with Crippen molar-refractivity contribution >= 4 is 55.8 Å². The molecule has 2 heterocycles. The minimum atomic E-state index is 0.722. The number of anilines is 2. The number of rotatable bonds is 2. The maximum Gasteiger partial charge on any atom is 0.0949 e. The predicted octanol–water partition coefficient (Wildman–Crippen LogP) is 7.57. The van der Waals surface area contributed by atoms with Gasteiger partial charge in [0, 0.05) is 25.5 Å². The van der Waals surface area contributed by atoms with E-state index in [-0.39, 0.29) is 0 Å². The SMILES string of the molecule is Nc1cccc2c(I)cc(-c3ccccc3)nc12.Nc1cccc2ccc(-c3ccccc3)nc12. The van der Waals surface area contributed by atoms with E-state index >= 15 is 0 Å². The molecule has 0 radical (unpaired) electrons. The van der Waals surface area contributed by atoms with Crippen LogP contribution in [0.2, 0.25) is 0 Å². The van der Waals surface area contributed by atoms with Crippen molar-refractivity contribution in [3.05, 3.63) is 119 Å². The average Bonchev–Trinajstić information content (AvgIpc) is 2.91. The predicted molar refractivity (Wildman–Crippen MR) is 156 cm³/mol. The van der Waals surface area contributed by atoms with E-state index in [1.165, 1.54) is 3.57 Å². The molecular formula is C30H23IN4. The summed E-state index contributed by atoms with van der Waals surface area (Å²) in [4.78, 5) is 9.30. The molecule has 0 amide bonds. The van der Waals surface area contributed by atoms with Crippen LogP contribution < -0.4 is 11.5 Å². The number of nitrogen functional groups attached to an aromatic ring is 2. The molecule has 0 unspecified atom stereocenters. The highest BCUT2D eigenvalue weighted by Gasteiger charge is 2.07. The van der Waals surface area contributed by atoms with E-state index in [9.17, 15) is 0 Å². The normalized spacial score (nSPS) is 10.7. The summed E-state index contributed by atoms with van der Waals surface area (Å²) >= 11 is 2.33. The van der Waals surface area contributed by atoms with Gasteiger partial charge in [0.2, 0.25) is 0 Å². The lowest BCUT2D eigenvalue weighted by atomic mass is 10.1. The van der Waals surface area contributed by atoms with Gasteiger partial charge in [-0.25, -0.2) is 9.97 Å². The highest BCUT2D eigenvalue weighted by Crippen LogP contribution is 2.28. The Bertz CT molecular complexity index is 1620. The van der Waals surface area contributed by atoms with Crippen molar-refractivity contribution in [2.24, 2.45) is 0 Å². The van der Waals surface area contributed by atoms with Gasteiger partial charge >= 0.3 is 0 Å². The Labute approximate surface area is 217 Å². The summed E-state index contributed by atoms with van der Waals surface area (Å²) in [5, 5.41) is 2.18. The molecule has 4 aromatic carbocycles. The zero-order valence-electron chi connectivity index (χ0n) is 18.9. The van der Waals surface area contributed by atoms with Crippen LogP contribution in [-0.2, 0) is 0 Å². The molecule has 170 valence electrons. The van der Waals surface area contributed by atoms with Gasteiger partial charge in [0.15, 0.2) is 0 Å². The smallest absolute Gasteiger partial charge is 0.0949 e. The van der Waals surface area contributed by atoms with E-state index in [2.05, 4.69) is 62.9 Å². The maximum absolute atomic E-state index is 6.01. The molecule has 0 aliphatic rings. The number of fused-ring (bicyclic) bond motifs is 2. The van der Waals surface area contributed by atoms with E-state index in [0.29, 0.717) is 0 Å². The van der Waals surface area contributed by atoms with Crippen molar-refractivity contribution in [1.82, 2.24) is 9.97 Å². The molecule has 0 saturated carbocycles. The number of hydrogen-bond donors (Lipinski definition) is 2. The molecule has 4 nitrogen and oxygen atoms in total. The van der Waals surface area contributed by atoms with Gasteiger partial charge in [-0.15, -0.1) is 0 Å². The van der Waals surface area contributed by atoms with Gasteiger partial charge in [0.05, 0.1) is 33.8 Å². The molecular weight excluding hydrogens is 543 g/mol. The summed E-state index contributed by atoms with van der Waals surface area (Å²) in [6, 6.07) is 38.2.